The van der Waals surface area contributed by atoms with Crippen molar-refractivity contribution in [2.45, 2.75) is 61.6 Å². The molecule has 1 spiro atoms. The van der Waals surface area contributed by atoms with Crippen LogP contribution in [-0.4, -0.2) is 128 Å². The van der Waals surface area contributed by atoms with Crippen molar-refractivity contribution in [2.75, 3.05) is 79.7 Å². The Hall–Kier alpha value is -3.93. The van der Waals surface area contributed by atoms with Gasteiger partial charge < -0.3 is 34.2 Å². The lowest BCUT2D eigenvalue weighted by atomic mass is 9.72. The molecule has 2 aliphatic heterocycles. The quantitative estimate of drug-likeness (QED) is 0.184. The topological polar surface area (TPSA) is 103 Å². The maximum Gasteiger partial charge on any atom is 0.416 e. The molecule has 0 radical (unpaired) electrons. The fraction of sp³-hybridized carbons (Fsp3) is 0.512. The Bertz CT molecular complexity index is 2050. The molecule has 6 rings (SSSR count). The number of nitrogens with zero attached hydrogens (tertiary/aromatic N) is 4. The second-order valence-corrected chi connectivity index (χ2v) is 16.9. The second-order valence-electron chi connectivity index (χ2n) is 16.0. The number of halogens is 8. The van der Waals surface area contributed by atoms with Gasteiger partial charge in [-0.05, 0) is 92.2 Å². The van der Waals surface area contributed by atoms with Gasteiger partial charge in [0.05, 0.1) is 40.4 Å². The molecule has 2 atom stereocenters. The lowest BCUT2D eigenvalue weighted by Gasteiger charge is -2.46. The van der Waals surface area contributed by atoms with Crippen LogP contribution in [0.2, 0.25) is 10.0 Å². The molecule has 0 bridgehead atoms. The zero-order valence-electron chi connectivity index (χ0n) is 33.8. The molecule has 3 amide bonds. The van der Waals surface area contributed by atoms with Gasteiger partial charge in [0.1, 0.15) is 18.8 Å². The van der Waals surface area contributed by atoms with Gasteiger partial charge in [0, 0.05) is 51.3 Å². The summed E-state index contributed by atoms with van der Waals surface area (Å²) in [5.41, 5.74) is -2.63. The first-order valence-electron chi connectivity index (χ1n) is 20.0. The van der Waals surface area contributed by atoms with E-state index in [1.54, 1.807) is 37.2 Å². The highest BCUT2D eigenvalue weighted by Crippen LogP contribution is 2.48. The van der Waals surface area contributed by atoms with E-state index >= 15 is 0 Å². The van der Waals surface area contributed by atoms with Gasteiger partial charge in [0.25, 0.3) is 5.91 Å². The molecule has 3 aliphatic rings. The summed E-state index contributed by atoms with van der Waals surface area (Å²) < 4.78 is 95.3. The maximum absolute atomic E-state index is 13.8. The van der Waals surface area contributed by atoms with Crippen LogP contribution >= 0.6 is 23.2 Å². The lowest BCUT2D eigenvalue weighted by Crippen LogP contribution is -2.54. The predicted octanol–water partition coefficient (Wildman–Crippen LogP) is 7.06. The molecule has 18 heteroatoms. The number of hydrogen-bond acceptors (Lipinski definition) is 7. The summed E-state index contributed by atoms with van der Waals surface area (Å²) in [5.74, 6) is -1.59. The third-order valence-electron chi connectivity index (χ3n) is 12.3. The van der Waals surface area contributed by atoms with E-state index in [-0.39, 0.29) is 59.8 Å². The smallest absolute Gasteiger partial charge is 0.387 e. The summed E-state index contributed by atoms with van der Waals surface area (Å²) in [6.45, 7) is 1.50. The fourth-order valence-electron chi connectivity index (χ4n) is 8.74. The summed E-state index contributed by atoms with van der Waals surface area (Å²) in [4.78, 5) is 45.1. The van der Waals surface area contributed by atoms with Crippen molar-refractivity contribution in [1.82, 2.24) is 19.6 Å². The van der Waals surface area contributed by atoms with Crippen LogP contribution in [0.25, 0.3) is 0 Å². The van der Waals surface area contributed by atoms with Crippen molar-refractivity contribution in [1.29, 1.82) is 0 Å². The van der Waals surface area contributed by atoms with Crippen LogP contribution in [0, 0.1) is 0 Å². The normalized spacial score (nSPS) is 20.4. The van der Waals surface area contributed by atoms with Gasteiger partial charge >= 0.3 is 12.4 Å². The van der Waals surface area contributed by atoms with Crippen LogP contribution in [0.4, 0.5) is 26.3 Å². The van der Waals surface area contributed by atoms with Crippen molar-refractivity contribution in [3.63, 3.8) is 0 Å². The third kappa shape index (κ3) is 10.5. The Morgan fingerprint density at radius 2 is 1.51 bits per heavy atom. The highest BCUT2D eigenvalue weighted by molar-refractivity contribution is 6.42. The molecular weight excluding hydrogens is 853 g/mol. The van der Waals surface area contributed by atoms with Crippen LogP contribution in [0.15, 0.2) is 60.7 Å². The Morgan fingerprint density at radius 1 is 0.869 bits per heavy atom. The van der Waals surface area contributed by atoms with E-state index in [1.807, 2.05) is 12.1 Å². The summed E-state index contributed by atoms with van der Waals surface area (Å²) in [7, 11) is 3.27. The molecule has 3 aromatic carbocycles. The van der Waals surface area contributed by atoms with Gasteiger partial charge in [0.2, 0.25) is 11.8 Å². The van der Waals surface area contributed by atoms with Crippen molar-refractivity contribution in [2.24, 2.45) is 0 Å². The number of carbonyl (C=O) groups excluding carboxylic acids is 3. The molecule has 0 unspecified atom stereocenters. The van der Waals surface area contributed by atoms with Crippen LogP contribution in [-0.2, 0) is 48.9 Å². The Morgan fingerprint density at radius 3 is 2.13 bits per heavy atom. The van der Waals surface area contributed by atoms with Crippen molar-refractivity contribution < 1.29 is 55.3 Å². The van der Waals surface area contributed by atoms with Gasteiger partial charge in [-0.25, -0.2) is 0 Å². The minimum Gasteiger partial charge on any atom is -0.387 e. The summed E-state index contributed by atoms with van der Waals surface area (Å²) in [5, 5.41) is 9.53. The van der Waals surface area contributed by atoms with Crippen LogP contribution < -0.4 is 0 Å². The first-order valence-corrected chi connectivity index (χ1v) is 20.7. The SMILES string of the molecule is CN(CCCN(C)C(=O)CO[C@H]1Cc2ccccc2C12CCN(CC[C@@]1(c3ccc(Cl)c(Cl)c3)CN(C(=O)c3cc(C(F)(F)F)cc(C(F)(F)F)c3)CCO1)CC2)C(=O)CO. The number of likely N-dealkylation sites (N-methyl/N-ethyl adjacent to an activating group) is 2. The molecule has 61 heavy (non-hydrogen) atoms. The van der Waals surface area contributed by atoms with E-state index in [4.69, 9.17) is 37.8 Å². The van der Waals surface area contributed by atoms with E-state index in [0.29, 0.717) is 82.5 Å². The van der Waals surface area contributed by atoms with Gasteiger partial charge in [-0.3, -0.25) is 14.4 Å². The number of hydrogen-bond donors (Lipinski definition) is 1. The van der Waals surface area contributed by atoms with E-state index < -0.39 is 53.1 Å². The van der Waals surface area contributed by atoms with Gasteiger partial charge in [-0.2, -0.15) is 26.3 Å². The Balaban J connectivity index is 1.16. The minimum atomic E-state index is -5.12. The standard InChI is InChI=1S/C43H48Cl2F6N4O6/c1-52(37(57)25-56)13-5-14-53(2)38(58)26-60-36-22-28-6-3-4-7-33(28)40(36)10-15-54(16-11-40)17-12-41(30-8-9-34(44)35(45)24-30)27-55(18-19-61-41)39(59)29-20-31(42(46,47)48)23-32(21-29)43(49,50)51/h3-4,6-9,20-21,23-24,36,56H,5,10-19,22,25-27H2,1-2H3/t36-,41-/m0/s1. The number of aliphatic hydroxyl groups excluding tert-OH is 1. The molecule has 3 aromatic rings. The first-order chi connectivity index (χ1) is 28.8. The highest BCUT2D eigenvalue weighted by Gasteiger charge is 2.50. The maximum atomic E-state index is 13.8. The molecule has 332 valence electrons. The van der Waals surface area contributed by atoms with Crippen molar-refractivity contribution in [3.05, 3.63) is 104 Å². The molecule has 0 aromatic heterocycles. The number of alkyl halides is 6. The second kappa shape index (κ2) is 18.8. The number of ether oxygens (including phenoxy) is 2. The van der Waals surface area contributed by atoms with E-state index in [0.717, 1.165) is 5.56 Å². The zero-order valence-corrected chi connectivity index (χ0v) is 35.3. The minimum absolute atomic E-state index is 0.00845. The molecule has 2 heterocycles. The van der Waals surface area contributed by atoms with E-state index in [1.165, 1.54) is 15.4 Å². The van der Waals surface area contributed by atoms with Gasteiger partial charge in [-0.15, -0.1) is 0 Å². The number of amides is 3. The fourth-order valence-corrected chi connectivity index (χ4v) is 9.04. The number of benzene rings is 3. The monoisotopic (exact) mass is 900 g/mol. The molecule has 2 fully saturated rings. The molecule has 1 N–H and O–H groups in total. The number of piperidine rings is 1. The Labute approximate surface area is 360 Å². The largest absolute Gasteiger partial charge is 0.416 e. The van der Waals surface area contributed by atoms with Crippen LogP contribution in [0.1, 0.15) is 63.9 Å². The number of fused-ring (bicyclic) bond motifs is 2. The number of likely N-dealkylation sites (tertiary alicyclic amines) is 1. The van der Waals surface area contributed by atoms with Crippen molar-refractivity contribution >= 4 is 40.9 Å². The van der Waals surface area contributed by atoms with Gasteiger partial charge in [-0.1, -0.05) is 53.5 Å². The van der Waals surface area contributed by atoms with Crippen molar-refractivity contribution in [3.8, 4) is 0 Å². The molecule has 2 saturated heterocycles. The van der Waals surface area contributed by atoms with Crippen LogP contribution in [0.3, 0.4) is 0 Å². The summed E-state index contributed by atoms with van der Waals surface area (Å²) in [6, 6.07) is 13.9. The lowest BCUT2D eigenvalue weighted by molar-refractivity contribution is -0.143. The summed E-state index contributed by atoms with van der Waals surface area (Å²) >= 11 is 12.7. The highest BCUT2D eigenvalue weighted by atomic mass is 35.5. The predicted molar refractivity (Wildman–Crippen MR) is 215 cm³/mol. The number of carbonyl (C=O) groups is 3. The molecule has 1 aliphatic carbocycles. The van der Waals surface area contributed by atoms with Gasteiger partial charge in [0.15, 0.2) is 0 Å². The van der Waals surface area contributed by atoms with E-state index in [2.05, 4.69) is 17.0 Å². The number of morpholine rings is 1. The number of aliphatic hydroxyl groups is 1. The molecule has 0 saturated carbocycles. The number of rotatable bonds is 13. The third-order valence-corrected chi connectivity index (χ3v) is 13.0. The average molecular weight is 902 g/mol. The summed E-state index contributed by atoms with van der Waals surface area (Å²) in [6.07, 6.45) is -7.66. The molecular formula is C43H48Cl2F6N4O6. The zero-order chi connectivity index (χ0) is 44.3. The average Bonchev–Trinajstić information content (AvgIpc) is 3.53. The molecule has 10 nitrogen and oxygen atoms in total. The first kappa shape index (κ1) is 46.6. The Kier molecular flexibility index (Phi) is 14.4. The van der Waals surface area contributed by atoms with Crippen LogP contribution in [0.5, 0.6) is 0 Å². The van der Waals surface area contributed by atoms with E-state index in [9.17, 15) is 40.7 Å².